The van der Waals surface area contributed by atoms with E-state index in [0.717, 1.165) is 138 Å². The van der Waals surface area contributed by atoms with E-state index in [1.165, 1.54) is 52.7 Å². The van der Waals surface area contributed by atoms with Crippen LogP contribution < -0.4 is 15.8 Å². The van der Waals surface area contributed by atoms with E-state index in [0.29, 0.717) is 11.6 Å². The Labute approximate surface area is 574 Å². The molecular formula is C90H62N6S2. The Morgan fingerprint density at radius 1 is 0.418 bits per heavy atom. The molecule has 2 aliphatic heterocycles. The van der Waals surface area contributed by atoms with Crippen molar-refractivity contribution in [2.75, 3.05) is 0 Å². The second kappa shape index (κ2) is 23.0. The minimum absolute atomic E-state index is 0.0869. The maximum absolute atomic E-state index is 6.19. The number of aromatic nitrogens is 4. The molecule has 0 radical (unpaired) electrons. The molecule has 464 valence electrons. The van der Waals surface area contributed by atoms with Crippen LogP contribution in [0, 0.1) is 38.1 Å². The Kier molecular flexibility index (Phi) is 13.6. The largest absolute Gasteiger partial charge is 0.339 e. The van der Waals surface area contributed by atoms with Gasteiger partial charge in [-0.05, 0) is 128 Å². The van der Waals surface area contributed by atoms with E-state index < -0.39 is 0 Å². The van der Waals surface area contributed by atoms with E-state index in [-0.39, 0.29) is 5.25 Å². The quantitative estimate of drug-likeness (QED) is 0.165. The zero-order chi connectivity index (χ0) is 65.3. The summed E-state index contributed by atoms with van der Waals surface area (Å²) in [6.07, 6.45) is 11.4. The van der Waals surface area contributed by atoms with Gasteiger partial charge >= 0.3 is 0 Å². The Morgan fingerprint density at radius 2 is 0.929 bits per heavy atom. The number of aliphatic imine (C=N–C) groups is 1. The summed E-state index contributed by atoms with van der Waals surface area (Å²) in [5, 5.41) is 15.4. The van der Waals surface area contributed by atoms with Crippen molar-refractivity contribution in [3.05, 3.63) is 345 Å². The van der Waals surface area contributed by atoms with Crippen LogP contribution in [-0.4, -0.2) is 30.1 Å². The number of allylic oxidation sites excluding steroid dienone is 4. The number of hydrogen-bond donors (Lipinski definition) is 1. The first-order valence-electron chi connectivity index (χ1n) is 33.5. The Morgan fingerprint density at radius 3 is 1.51 bits per heavy atom. The molecule has 1 atom stereocenters. The van der Waals surface area contributed by atoms with Gasteiger partial charge in [0, 0.05) is 85.0 Å². The van der Waals surface area contributed by atoms with Crippen LogP contribution in [0.1, 0.15) is 33.4 Å². The molecule has 0 amide bonds. The van der Waals surface area contributed by atoms with Crippen LogP contribution >= 0.6 is 23.1 Å². The van der Waals surface area contributed by atoms with E-state index in [9.17, 15) is 0 Å². The number of fused-ring (bicyclic) bond motifs is 11. The Balaban J connectivity index is 1.21. The van der Waals surface area contributed by atoms with Crippen molar-refractivity contribution >= 4 is 110 Å². The number of benzene rings is 12. The van der Waals surface area contributed by atoms with Crippen LogP contribution in [0.3, 0.4) is 0 Å². The van der Waals surface area contributed by atoms with Crippen molar-refractivity contribution in [3.8, 4) is 56.4 Å². The van der Waals surface area contributed by atoms with Crippen molar-refractivity contribution in [2.24, 2.45) is 4.99 Å². The number of hydrogen-bond acceptors (Lipinski definition) is 6. The summed E-state index contributed by atoms with van der Waals surface area (Å²) < 4.78 is 7.57. The number of thiophene rings is 1. The lowest BCUT2D eigenvalue weighted by Gasteiger charge is -2.27. The minimum atomic E-state index is 0.0869. The average Bonchev–Trinajstić information content (AvgIpc) is 1.30. The molecule has 0 saturated heterocycles. The molecule has 1 unspecified atom stereocenters. The number of nitrogens with zero attached hydrogens (tertiary/aromatic N) is 5. The summed E-state index contributed by atoms with van der Waals surface area (Å²) in [7, 11) is 0. The van der Waals surface area contributed by atoms with Crippen molar-refractivity contribution in [1.82, 2.24) is 24.4 Å². The van der Waals surface area contributed by atoms with E-state index in [1.54, 1.807) is 0 Å². The predicted octanol–water partition coefficient (Wildman–Crippen LogP) is 21.2. The highest BCUT2D eigenvalue weighted by molar-refractivity contribution is 8.00. The highest BCUT2D eigenvalue weighted by atomic mass is 32.2. The normalized spacial score (nSPS) is 15.2. The van der Waals surface area contributed by atoms with Crippen molar-refractivity contribution in [2.45, 2.75) is 37.8 Å². The highest BCUT2D eigenvalue weighted by Gasteiger charge is 2.34. The van der Waals surface area contributed by atoms with Gasteiger partial charge in [-0.3, -0.25) is 0 Å². The third-order valence-corrected chi connectivity index (χ3v) is 22.2. The van der Waals surface area contributed by atoms with E-state index in [4.69, 9.17) is 15.0 Å². The third kappa shape index (κ3) is 9.34. The van der Waals surface area contributed by atoms with E-state index >= 15 is 0 Å². The third-order valence-electron chi connectivity index (χ3n) is 19.8. The first-order valence-corrected chi connectivity index (χ1v) is 35.2. The van der Waals surface area contributed by atoms with Gasteiger partial charge in [0.2, 0.25) is 0 Å². The summed E-state index contributed by atoms with van der Waals surface area (Å²) in [6, 6.07) is 95.9. The lowest BCUT2D eigenvalue weighted by Crippen LogP contribution is -2.30. The molecule has 1 N–H and O–H groups in total. The summed E-state index contributed by atoms with van der Waals surface area (Å²) >= 11 is 3.76. The summed E-state index contributed by atoms with van der Waals surface area (Å²) in [6.45, 7) is 8.85. The average molecular weight is 1290 g/mol. The molecule has 8 heteroatoms. The van der Waals surface area contributed by atoms with Gasteiger partial charge in [-0.1, -0.05) is 235 Å². The summed E-state index contributed by atoms with van der Waals surface area (Å²) in [5.74, 6) is 1.27. The maximum atomic E-state index is 6.19. The Hall–Kier alpha value is -11.7. The van der Waals surface area contributed by atoms with Crippen LogP contribution in [0.25, 0.3) is 137 Å². The monoisotopic (exact) mass is 1290 g/mol. The molecule has 19 rings (SSSR count). The highest BCUT2D eigenvalue weighted by Crippen LogP contribution is 2.50. The van der Waals surface area contributed by atoms with Gasteiger partial charge in [0.05, 0.1) is 66.6 Å². The molecule has 0 fully saturated rings. The van der Waals surface area contributed by atoms with Crippen LogP contribution in [0.4, 0.5) is 0 Å². The molecule has 12 aromatic carbocycles. The van der Waals surface area contributed by atoms with Gasteiger partial charge in [0.1, 0.15) is 5.82 Å². The number of aryl methyl sites for hydroxylation is 4. The van der Waals surface area contributed by atoms with Crippen molar-refractivity contribution in [3.63, 3.8) is 0 Å². The number of rotatable bonds is 8. The number of nitrogens with one attached hydrogen (secondary N) is 1. The van der Waals surface area contributed by atoms with Gasteiger partial charge in [-0.25, -0.2) is 15.0 Å². The van der Waals surface area contributed by atoms with Gasteiger partial charge in [-0.2, -0.15) is 0 Å². The maximum Gasteiger partial charge on any atom is 0.163 e. The lowest BCUT2D eigenvalue weighted by molar-refractivity contribution is 1.06. The van der Waals surface area contributed by atoms with E-state index in [1.807, 2.05) is 23.1 Å². The zero-order valence-electron chi connectivity index (χ0n) is 54.3. The van der Waals surface area contributed by atoms with Crippen molar-refractivity contribution < 1.29 is 0 Å². The standard InChI is InChI=1S/C90H62N6S2/c1-53-39-43-73-65(47-53)66-48-54(2)40-44-74(66)95(73)87-83(63-33-21-37-79-81(63)61-31-17-19-35-77(61)97-79)86(90-93-71(59-27-13-7-14-28-59)52-72(94-90)60-29-15-8-16-30-60)88(96-75-45-41-55(3)49-67(75)68-50-56(4)42-46-76(68)96)84(64-34-22-38-80-82(64)62-32-18-20-36-78(62)98-80)85(87)89-91-69(57-23-9-5-10-24-57)51-70(92-89)58-25-11-6-12-26-58/h5-52,77,93H,1-4H3. The summed E-state index contributed by atoms with van der Waals surface area (Å²) in [5.41, 5.74) is 22.3. The smallest absolute Gasteiger partial charge is 0.163 e. The molecule has 1 aliphatic carbocycles. The molecule has 16 aromatic rings. The molecule has 6 heterocycles. The molecule has 98 heavy (non-hydrogen) atoms. The molecule has 0 bridgehead atoms. The van der Waals surface area contributed by atoms with Gasteiger partial charge < -0.3 is 14.5 Å². The van der Waals surface area contributed by atoms with Crippen LogP contribution in [0.5, 0.6) is 0 Å². The fourth-order valence-electron chi connectivity index (χ4n) is 15.4. The first kappa shape index (κ1) is 57.7. The van der Waals surface area contributed by atoms with Gasteiger partial charge in [-0.15, -0.1) is 23.1 Å². The molecule has 4 aromatic heterocycles. The summed E-state index contributed by atoms with van der Waals surface area (Å²) in [4.78, 5) is 19.7. The van der Waals surface area contributed by atoms with Crippen LogP contribution in [0.2, 0.25) is 0 Å². The first-order chi connectivity index (χ1) is 48.2. The fourth-order valence-corrected chi connectivity index (χ4v) is 17.8. The SMILES string of the molecule is Cc1ccc2c(c1)c1cc(C)ccc1n2-c1c(-c2cccc3sc4ccccc4c23)c(-c2nc(-c3ccccc3)cc(-c3ccccc3)n2)c(-n2c3ccc(C)cc3c3cc(C)ccc32)c(=c2cccc3c2=C2C=CC=CC2S3)c1=C1N=C(c2ccccc2)C=C(c2ccccc2)N1. The van der Waals surface area contributed by atoms with Crippen molar-refractivity contribution in [1.29, 1.82) is 0 Å². The second-order valence-corrected chi connectivity index (χ2v) is 28.4. The minimum Gasteiger partial charge on any atom is -0.339 e. The molecule has 6 nitrogen and oxygen atoms in total. The second-order valence-electron chi connectivity index (χ2n) is 26.1. The lowest BCUT2D eigenvalue weighted by atomic mass is 9.88. The fraction of sp³-hybridized carbons (Fsp3) is 0.0556. The van der Waals surface area contributed by atoms with Crippen LogP contribution in [-0.2, 0) is 0 Å². The number of thioether (sulfide) groups is 1. The zero-order valence-corrected chi connectivity index (χ0v) is 56.0. The van der Waals surface area contributed by atoms with E-state index in [2.05, 4.69) is 333 Å². The van der Waals surface area contributed by atoms with Crippen LogP contribution in [0.15, 0.2) is 301 Å². The molecule has 3 aliphatic rings. The van der Waals surface area contributed by atoms with Gasteiger partial charge in [0.15, 0.2) is 5.82 Å². The topological polar surface area (TPSA) is 60.0 Å². The molecular weight excluding hydrogens is 1230 g/mol. The predicted molar refractivity (Wildman–Crippen MR) is 413 cm³/mol. The van der Waals surface area contributed by atoms with Gasteiger partial charge in [0.25, 0.3) is 0 Å². The molecule has 0 saturated carbocycles. The Bertz CT molecular complexity index is 6280. The molecule has 0 spiro atoms.